The Hall–Kier alpha value is -1.07. The fraction of sp³-hybridized carbons (Fsp3) is 0.571. The second-order valence-electron chi connectivity index (χ2n) is 4.87. The number of benzene rings is 1. The molecule has 5 heteroatoms. The first-order chi connectivity index (χ1) is 9.15. The van der Waals surface area contributed by atoms with Crippen LogP contribution in [0.25, 0.3) is 0 Å². The van der Waals surface area contributed by atoms with E-state index >= 15 is 0 Å². The van der Waals surface area contributed by atoms with E-state index in [1.165, 1.54) is 12.1 Å². The lowest BCUT2D eigenvalue weighted by atomic mass is 9.98. The average molecular weight is 272 g/mol. The Kier molecular flexibility index (Phi) is 4.82. The molecule has 0 spiro atoms. The molecule has 0 bridgehead atoms. The van der Waals surface area contributed by atoms with E-state index in [4.69, 9.17) is 0 Å². The number of piperazine rings is 1. The summed E-state index contributed by atoms with van der Waals surface area (Å²) >= 11 is 0. The molecule has 1 heterocycles. The molecule has 1 aromatic carbocycles. The molecule has 1 N–H and O–H groups in total. The SMILES string of the molecule is Cc1ccc(F)c([C@@H](CCF)N2CCNCC2)c1F. The first-order valence-electron chi connectivity index (χ1n) is 6.60. The molecule has 2 rings (SSSR count). The summed E-state index contributed by atoms with van der Waals surface area (Å²) in [6.07, 6.45) is 0.122. The lowest BCUT2D eigenvalue weighted by Crippen LogP contribution is -2.45. The first-order valence-corrected chi connectivity index (χ1v) is 6.60. The van der Waals surface area contributed by atoms with Crippen molar-refractivity contribution < 1.29 is 13.2 Å². The number of alkyl halides is 1. The Morgan fingerprint density at radius 3 is 2.58 bits per heavy atom. The van der Waals surface area contributed by atoms with Crippen LogP contribution >= 0.6 is 0 Å². The zero-order chi connectivity index (χ0) is 13.8. The van der Waals surface area contributed by atoms with Gasteiger partial charge in [0.05, 0.1) is 6.67 Å². The van der Waals surface area contributed by atoms with Crippen molar-refractivity contribution >= 4 is 0 Å². The van der Waals surface area contributed by atoms with Crippen LogP contribution in [0, 0.1) is 18.6 Å². The van der Waals surface area contributed by atoms with Crippen molar-refractivity contribution in [3.63, 3.8) is 0 Å². The topological polar surface area (TPSA) is 15.3 Å². The van der Waals surface area contributed by atoms with Crippen molar-refractivity contribution in [2.75, 3.05) is 32.9 Å². The van der Waals surface area contributed by atoms with Crippen LogP contribution in [0.4, 0.5) is 13.2 Å². The van der Waals surface area contributed by atoms with E-state index in [1.54, 1.807) is 6.92 Å². The highest BCUT2D eigenvalue weighted by atomic mass is 19.1. The minimum atomic E-state index is -0.583. The van der Waals surface area contributed by atoms with Gasteiger partial charge in [0.2, 0.25) is 0 Å². The Labute approximate surface area is 111 Å². The summed E-state index contributed by atoms with van der Waals surface area (Å²) in [5.74, 6) is -1.13. The van der Waals surface area contributed by atoms with Gasteiger partial charge >= 0.3 is 0 Å². The molecule has 0 unspecified atom stereocenters. The Morgan fingerprint density at radius 1 is 1.26 bits per heavy atom. The highest BCUT2D eigenvalue weighted by Gasteiger charge is 2.27. The van der Waals surface area contributed by atoms with Crippen molar-refractivity contribution in [3.8, 4) is 0 Å². The van der Waals surface area contributed by atoms with E-state index in [9.17, 15) is 13.2 Å². The zero-order valence-corrected chi connectivity index (χ0v) is 11.1. The minimum Gasteiger partial charge on any atom is -0.314 e. The molecule has 19 heavy (non-hydrogen) atoms. The molecule has 1 aliphatic heterocycles. The number of nitrogens with zero attached hydrogens (tertiary/aromatic N) is 1. The average Bonchev–Trinajstić information content (AvgIpc) is 2.43. The number of halogens is 3. The molecule has 1 aromatic rings. The second kappa shape index (κ2) is 6.39. The van der Waals surface area contributed by atoms with E-state index in [1.807, 2.05) is 4.90 Å². The molecule has 1 aliphatic rings. The number of nitrogens with one attached hydrogen (secondary N) is 1. The summed E-state index contributed by atoms with van der Waals surface area (Å²) in [5.41, 5.74) is 0.412. The third-order valence-electron chi connectivity index (χ3n) is 3.63. The van der Waals surface area contributed by atoms with Gasteiger partial charge in [-0.05, 0) is 25.0 Å². The van der Waals surface area contributed by atoms with Crippen molar-refractivity contribution in [1.29, 1.82) is 0 Å². The molecule has 1 atom stereocenters. The summed E-state index contributed by atoms with van der Waals surface area (Å²) in [4.78, 5) is 1.96. The lowest BCUT2D eigenvalue weighted by Gasteiger charge is -2.35. The van der Waals surface area contributed by atoms with Gasteiger partial charge in [0.25, 0.3) is 0 Å². The monoisotopic (exact) mass is 272 g/mol. The maximum atomic E-state index is 14.2. The number of hydrogen-bond acceptors (Lipinski definition) is 2. The summed E-state index contributed by atoms with van der Waals surface area (Å²) in [5, 5.41) is 3.18. The summed E-state index contributed by atoms with van der Waals surface area (Å²) in [7, 11) is 0. The van der Waals surface area contributed by atoms with Gasteiger partial charge in [0, 0.05) is 37.8 Å². The predicted octanol–water partition coefficient (Wildman–Crippen LogP) is 2.58. The molecule has 1 saturated heterocycles. The van der Waals surface area contributed by atoms with E-state index < -0.39 is 24.4 Å². The van der Waals surface area contributed by atoms with Crippen LogP contribution < -0.4 is 5.32 Å². The number of aryl methyl sites for hydroxylation is 1. The normalized spacial score (nSPS) is 18.5. The highest BCUT2D eigenvalue weighted by Crippen LogP contribution is 2.30. The molecule has 0 aliphatic carbocycles. The maximum absolute atomic E-state index is 14.2. The minimum absolute atomic E-state index is 0.0135. The summed E-state index contributed by atoms with van der Waals surface area (Å²) < 4.78 is 40.9. The zero-order valence-electron chi connectivity index (χ0n) is 11.1. The summed E-state index contributed by atoms with van der Waals surface area (Å²) in [6.45, 7) is 3.90. The van der Waals surface area contributed by atoms with Crippen molar-refractivity contribution in [1.82, 2.24) is 10.2 Å². The fourth-order valence-electron chi connectivity index (χ4n) is 2.59. The molecule has 0 aromatic heterocycles. The third-order valence-corrected chi connectivity index (χ3v) is 3.63. The van der Waals surface area contributed by atoms with Gasteiger partial charge in [-0.3, -0.25) is 9.29 Å². The maximum Gasteiger partial charge on any atom is 0.133 e. The van der Waals surface area contributed by atoms with Gasteiger partial charge in [0.1, 0.15) is 11.6 Å². The smallest absolute Gasteiger partial charge is 0.133 e. The van der Waals surface area contributed by atoms with Gasteiger partial charge in [-0.1, -0.05) is 6.07 Å². The van der Waals surface area contributed by atoms with Crippen molar-refractivity contribution in [3.05, 3.63) is 34.9 Å². The largest absolute Gasteiger partial charge is 0.314 e. The first kappa shape index (κ1) is 14.3. The van der Waals surface area contributed by atoms with Crippen LogP contribution in [0.2, 0.25) is 0 Å². The molecule has 1 fully saturated rings. The lowest BCUT2D eigenvalue weighted by molar-refractivity contribution is 0.151. The van der Waals surface area contributed by atoms with Gasteiger partial charge in [-0.15, -0.1) is 0 Å². The van der Waals surface area contributed by atoms with E-state index in [2.05, 4.69) is 5.32 Å². The van der Waals surface area contributed by atoms with Gasteiger partial charge in [-0.2, -0.15) is 0 Å². The second-order valence-corrected chi connectivity index (χ2v) is 4.87. The quantitative estimate of drug-likeness (QED) is 0.906. The highest BCUT2D eigenvalue weighted by molar-refractivity contribution is 5.29. The molecular weight excluding hydrogens is 253 g/mol. The molecular formula is C14H19F3N2. The molecule has 0 amide bonds. The Morgan fingerprint density at radius 2 is 1.95 bits per heavy atom. The fourth-order valence-corrected chi connectivity index (χ4v) is 2.59. The number of rotatable bonds is 4. The molecule has 2 nitrogen and oxygen atoms in total. The standard InChI is InChI=1S/C14H19F3N2/c1-10-2-3-11(16)13(14(10)17)12(4-5-15)19-8-6-18-7-9-19/h2-3,12,18H,4-9H2,1H3/t12-/m1/s1. The Balaban J connectivity index is 2.35. The third kappa shape index (κ3) is 3.09. The van der Waals surface area contributed by atoms with Crippen LogP contribution in [0.3, 0.4) is 0 Å². The van der Waals surface area contributed by atoms with E-state index in [0.717, 1.165) is 13.1 Å². The van der Waals surface area contributed by atoms with Gasteiger partial charge in [-0.25, -0.2) is 8.78 Å². The van der Waals surface area contributed by atoms with Crippen LogP contribution in [0.1, 0.15) is 23.6 Å². The van der Waals surface area contributed by atoms with Crippen LogP contribution in [0.5, 0.6) is 0 Å². The summed E-state index contributed by atoms with van der Waals surface area (Å²) in [6, 6.07) is 2.16. The van der Waals surface area contributed by atoms with Crippen LogP contribution in [0.15, 0.2) is 12.1 Å². The molecule has 0 radical (unpaired) electrons. The van der Waals surface area contributed by atoms with Gasteiger partial charge < -0.3 is 5.32 Å². The van der Waals surface area contributed by atoms with E-state index in [-0.39, 0.29) is 12.0 Å². The van der Waals surface area contributed by atoms with Crippen LogP contribution in [-0.2, 0) is 0 Å². The van der Waals surface area contributed by atoms with Crippen molar-refractivity contribution in [2.24, 2.45) is 0 Å². The molecule has 106 valence electrons. The Bertz CT molecular complexity index is 431. The van der Waals surface area contributed by atoms with E-state index in [0.29, 0.717) is 18.7 Å². The number of hydrogen-bond donors (Lipinski definition) is 1. The van der Waals surface area contributed by atoms with Crippen LogP contribution in [-0.4, -0.2) is 37.8 Å². The predicted molar refractivity (Wildman–Crippen MR) is 68.9 cm³/mol. The van der Waals surface area contributed by atoms with Crippen molar-refractivity contribution in [2.45, 2.75) is 19.4 Å². The van der Waals surface area contributed by atoms with Gasteiger partial charge in [0.15, 0.2) is 0 Å². The molecule has 0 saturated carbocycles.